The first kappa shape index (κ1) is 13.2. The van der Waals surface area contributed by atoms with Crippen LogP contribution in [0.15, 0.2) is 16.5 Å². The summed E-state index contributed by atoms with van der Waals surface area (Å²) in [5.74, 6) is -0.719. The Kier molecular flexibility index (Phi) is 4.71. The molecule has 0 radical (unpaired) electrons. The molecule has 0 atom stereocenters. The number of carboxylic acids is 1. The van der Waals surface area contributed by atoms with Gasteiger partial charge in [0.25, 0.3) is 0 Å². The number of nitrogens with zero attached hydrogens (tertiary/aromatic N) is 1. The molecule has 0 aliphatic carbocycles. The zero-order valence-electron chi connectivity index (χ0n) is 9.90. The zero-order chi connectivity index (χ0) is 12.8. The number of hydrogen-bond donors (Lipinski definition) is 2. The molecule has 6 nitrogen and oxygen atoms in total. The van der Waals surface area contributed by atoms with Gasteiger partial charge in [-0.2, -0.15) is 0 Å². The maximum absolute atomic E-state index is 11.4. The second-order valence-corrected chi connectivity index (χ2v) is 3.58. The summed E-state index contributed by atoms with van der Waals surface area (Å²) in [4.78, 5) is 23.6. The van der Waals surface area contributed by atoms with Crippen LogP contribution in [0.5, 0.6) is 0 Å². The fourth-order valence-electron chi connectivity index (χ4n) is 1.19. The maximum Gasteiger partial charge on any atom is 0.371 e. The lowest BCUT2D eigenvalue weighted by Crippen LogP contribution is -2.35. The molecule has 0 spiro atoms. The lowest BCUT2D eigenvalue weighted by atomic mass is 10.4. The molecule has 0 bridgehead atoms. The zero-order valence-corrected chi connectivity index (χ0v) is 9.90. The second kappa shape index (κ2) is 6.05. The minimum atomic E-state index is -1.10. The van der Waals surface area contributed by atoms with Crippen molar-refractivity contribution in [3.63, 3.8) is 0 Å². The van der Waals surface area contributed by atoms with Crippen LogP contribution in [0.2, 0.25) is 0 Å². The molecular weight excluding hydrogens is 224 g/mol. The Balaban J connectivity index is 2.35. The molecule has 1 aromatic rings. The monoisotopic (exact) mass is 240 g/mol. The van der Waals surface area contributed by atoms with Crippen molar-refractivity contribution in [3.05, 3.63) is 23.7 Å². The summed E-state index contributed by atoms with van der Waals surface area (Å²) >= 11 is 0. The van der Waals surface area contributed by atoms with E-state index in [0.29, 0.717) is 18.8 Å². The molecule has 0 fully saturated rings. The molecule has 1 rings (SSSR count). The Labute approximate surface area is 99.2 Å². The second-order valence-electron chi connectivity index (χ2n) is 3.58. The number of carbonyl (C=O) groups excluding carboxylic acids is 1. The van der Waals surface area contributed by atoms with Gasteiger partial charge >= 0.3 is 5.97 Å². The number of nitrogens with one attached hydrogen (secondary N) is 1. The molecule has 0 aliphatic rings. The van der Waals surface area contributed by atoms with Crippen molar-refractivity contribution in [2.24, 2.45) is 0 Å². The minimum Gasteiger partial charge on any atom is -0.475 e. The predicted molar refractivity (Wildman–Crippen MR) is 60.7 cm³/mol. The van der Waals surface area contributed by atoms with E-state index in [1.807, 2.05) is 6.92 Å². The average molecular weight is 240 g/mol. The van der Waals surface area contributed by atoms with Crippen LogP contribution in [0.25, 0.3) is 0 Å². The third-order valence-electron chi connectivity index (χ3n) is 2.35. The smallest absolute Gasteiger partial charge is 0.371 e. The molecule has 1 amide bonds. The normalized spacial score (nSPS) is 10.2. The van der Waals surface area contributed by atoms with Gasteiger partial charge in [-0.3, -0.25) is 4.79 Å². The van der Waals surface area contributed by atoms with Gasteiger partial charge in [-0.05, 0) is 19.1 Å². The lowest BCUT2D eigenvalue weighted by molar-refractivity contribution is -0.128. The molecule has 1 heterocycles. The van der Waals surface area contributed by atoms with Crippen LogP contribution in [0, 0.1) is 0 Å². The van der Waals surface area contributed by atoms with Gasteiger partial charge in [0.2, 0.25) is 11.7 Å². The molecule has 0 unspecified atom stereocenters. The third kappa shape index (κ3) is 3.92. The van der Waals surface area contributed by atoms with Gasteiger partial charge in [0.1, 0.15) is 5.76 Å². The summed E-state index contributed by atoms with van der Waals surface area (Å²) in [5, 5.41) is 11.5. The van der Waals surface area contributed by atoms with E-state index in [-0.39, 0.29) is 18.2 Å². The van der Waals surface area contributed by atoms with Gasteiger partial charge in [0.15, 0.2) is 0 Å². The van der Waals surface area contributed by atoms with Crippen molar-refractivity contribution in [2.75, 3.05) is 20.1 Å². The van der Waals surface area contributed by atoms with Crippen molar-refractivity contribution in [2.45, 2.75) is 13.5 Å². The molecule has 6 heteroatoms. The van der Waals surface area contributed by atoms with Crippen LogP contribution in [-0.2, 0) is 11.3 Å². The Hall–Kier alpha value is -1.82. The van der Waals surface area contributed by atoms with Crippen LogP contribution in [0.3, 0.4) is 0 Å². The molecular formula is C11H16N2O4. The van der Waals surface area contributed by atoms with Crippen molar-refractivity contribution >= 4 is 11.9 Å². The van der Waals surface area contributed by atoms with E-state index in [2.05, 4.69) is 5.32 Å². The van der Waals surface area contributed by atoms with E-state index in [9.17, 15) is 9.59 Å². The van der Waals surface area contributed by atoms with E-state index >= 15 is 0 Å². The van der Waals surface area contributed by atoms with Gasteiger partial charge in [-0.25, -0.2) is 4.79 Å². The van der Waals surface area contributed by atoms with Gasteiger partial charge in [0.05, 0.1) is 13.1 Å². The molecule has 0 aliphatic heterocycles. The predicted octanol–water partition coefficient (Wildman–Crippen LogP) is 0.546. The number of carboxylic acid groups (broad SMARTS) is 1. The molecule has 0 aromatic carbocycles. The number of aromatic carboxylic acids is 1. The van der Waals surface area contributed by atoms with Gasteiger partial charge in [-0.15, -0.1) is 0 Å². The van der Waals surface area contributed by atoms with Crippen molar-refractivity contribution in [3.8, 4) is 0 Å². The van der Waals surface area contributed by atoms with E-state index in [0.717, 1.165) is 0 Å². The summed E-state index contributed by atoms with van der Waals surface area (Å²) in [5.41, 5.74) is 0. The van der Waals surface area contributed by atoms with Gasteiger partial charge in [0, 0.05) is 13.6 Å². The third-order valence-corrected chi connectivity index (χ3v) is 2.35. The summed E-state index contributed by atoms with van der Waals surface area (Å²) in [6.07, 6.45) is 0. The molecule has 17 heavy (non-hydrogen) atoms. The highest BCUT2D eigenvalue weighted by Crippen LogP contribution is 2.07. The Morgan fingerprint density at radius 2 is 2.18 bits per heavy atom. The molecule has 2 N–H and O–H groups in total. The van der Waals surface area contributed by atoms with E-state index in [4.69, 9.17) is 9.52 Å². The standard InChI is InChI=1S/C11H16N2O4/c1-3-13(2)10(14)7-12-6-8-4-5-9(17-8)11(15)16/h4-5,12H,3,6-7H2,1-2H3,(H,15,16). The summed E-state index contributed by atoms with van der Waals surface area (Å²) < 4.78 is 5.03. The highest BCUT2D eigenvalue weighted by atomic mass is 16.4. The Bertz CT molecular complexity index is 400. The van der Waals surface area contributed by atoms with E-state index in [1.165, 1.54) is 6.07 Å². The number of rotatable bonds is 6. The summed E-state index contributed by atoms with van der Waals surface area (Å²) in [6, 6.07) is 2.96. The first-order valence-electron chi connectivity index (χ1n) is 5.31. The van der Waals surface area contributed by atoms with Gasteiger partial charge < -0.3 is 19.7 Å². The van der Waals surface area contributed by atoms with E-state index in [1.54, 1.807) is 18.0 Å². The first-order valence-corrected chi connectivity index (χ1v) is 5.31. The average Bonchev–Trinajstić information content (AvgIpc) is 2.76. The van der Waals surface area contributed by atoms with Crippen LogP contribution in [0.4, 0.5) is 0 Å². The fraction of sp³-hybridized carbons (Fsp3) is 0.455. The molecule has 1 aromatic heterocycles. The van der Waals surface area contributed by atoms with Crippen LogP contribution in [0.1, 0.15) is 23.2 Å². The van der Waals surface area contributed by atoms with Crippen molar-refractivity contribution in [1.29, 1.82) is 0 Å². The van der Waals surface area contributed by atoms with E-state index < -0.39 is 5.97 Å². The highest BCUT2D eigenvalue weighted by molar-refractivity contribution is 5.84. The van der Waals surface area contributed by atoms with Crippen LogP contribution in [-0.4, -0.2) is 42.0 Å². The summed E-state index contributed by atoms with van der Waals surface area (Å²) in [6.45, 7) is 3.08. The fourth-order valence-corrected chi connectivity index (χ4v) is 1.19. The van der Waals surface area contributed by atoms with Gasteiger partial charge in [-0.1, -0.05) is 0 Å². The Morgan fingerprint density at radius 3 is 2.71 bits per heavy atom. The minimum absolute atomic E-state index is 0.0162. The SMILES string of the molecule is CCN(C)C(=O)CNCc1ccc(C(=O)O)o1. The summed E-state index contributed by atoms with van der Waals surface area (Å²) in [7, 11) is 1.72. The lowest BCUT2D eigenvalue weighted by Gasteiger charge is -2.14. The molecule has 0 saturated carbocycles. The number of likely N-dealkylation sites (N-methyl/N-ethyl adjacent to an activating group) is 1. The molecule has 94 valence electrons. The van der Waals surface area contributed by atoms with Crippen molar-refractivity contribution < 1.29 is 19.1 Å². The topological polar surface area (TPSA) is 82.8 Å². The number of hydrogen-bond acceptors (Lipinski definition) is 4. The van der Waals surface area contributed by atoms with Crippen LogP contribution < -0.4 is 5.32 Å². The maximum atomic E-state index is 11.4. The molecule has 0 saturated heterocycles. The number of amides is 1. The van der Waals surface area contributed by atoms with Crippen LogP contribution >= 0.6 is 0 Å². The number of carbonyl (C=O) groups is 2. The quantitative estimate of drug-likeness (QED) is 0.758. The largest absolute Gasteiger partial charge is 0.475 e. The Morgan fingerprint density at radius 1 is 1.47 bits per heavy atom. The highest BCUT2D eigenvalue weighted by Gasteiger charge is 2.09. The number of furan rings is 1. The first-order chi connectivity index (χ1) is 8.04. The van der Waals surface area contributed by atoms with Crippen molar-refractivity contribution in [1.82, 2.24) is 10.2 Å².